The fourth-order valence-electron chi connectivity index (χ4n) is 5.03. The molecular weight excluding hydrogens is 516 g/mol. The molecule has 0 fully saturated rings. The van der Waals surface area contributed by atoms with Crippen LogP contribution in [0, 0.1) is 0 Å². The van der Waals surface area contributed by atoms with Crippen molar-refractivity contribution in [3.8, 4) is 0 Å². The van der Waals surface area contributed by atoms with Crippen LogP contribution >= 0.6 is 11.3 Å². The third-order valence-electron chi connectivity index (χ3n) is 7.34. The molecule has 3 aromatic heterocycles. The Morgan fingerprint density at radius 1 is 0.950 bits per heavy atom. The van der Waals surface area contributed by atoms with Gasteiger partial charge in [0.25, 0.3) is 0 Å². The van der Waals surface area contributed by atoms with Crippen molar-refractivity contribution < 1.29 is 4.42 Å². The number of fused-ring (bicyclic) bond motifs is 3. The molecule has 0 saturated carbocycles. The van der Waals surface area contributed by atoms with Crippen molar-refractivity contribution >= 4 is 49.9 Å². The number of hydrogen-bond acceptors (Lipinski definition) is 7. The van der Waals surface area contributed by atoms with Gasteiger partial charge in [0.1, 0.15) is 23.7 Å². The Bertz CT molecular complexity index is 1760. The third-order valence-corrected chi connectivity index (χ3v) is 8.89. The molecule has 208 valence electrons. The lowest BCUT2D eigenvalue weighted by Crippen LogP contribution is -2.22. The molecule has 40 heavy (non-hydrogen) atoms. The molecule has 1 aliphatic rings. The molecule has 3 N–H and O–H groups in total. The van der Waals surface area contributed by atoms with Crippen LogP contribution in [0.4, 0.5) is 11.5 Å². The summed E-state index contributed by atoms with van der Waals surface area (Å²) >= 11 is 1.85. The summed E-state index contributed by atoms with van der Waals surface area (Å²) in [7, 11) is 0. The van der Waals surface area contributed by atoms with Crippen LogP contribution in [0.5, 0.6) is 0 Å². The molecule has 0 saturated heterocycles. The molecule has 4 heterocycles. The second kappa shape index (κ2) is 9.20. The first-order valence-corrected chi connectivity index (χ1v) is 14.7. The van der Waals surface area contributed by atoms with E-state index in [2.05, 4.69) is 113 Å². The fourth-order valence-corrected chi connectivity index (χ4v) is 6.25. The van der Waals surface area contributed by atoms with Crippen molar-refractivity contribution in [1.82, 2.24) is 15.0 Å². The summed E-state index contributed by atoms with van der Waals surface area (Å²) in [5, 5.41) is 8.15. The Morgan fingerprint density at radius 3 is 2.50 bits per heavy atom. The first-order valence-electron chi connectivity index (χ1n) is 13.9. The van der Waals surface area contributed by atoms with Crippen molar-refractivity contribution in [1.29, 1.82) is 0 Å². The molecule has 2 aromatic carbocycles. The summed E-state index contributed by atoms with van der Waals surface area (Å²) in [4.78, 5) is 19.2. The number of amidine groups is 1. The predicted octanol–water partition coefficient (Wildman–Crippen LogP) is 8.12. The monoisotopic (exact) mass is 554 g/mol. The molecule has 0 aliphatic carbocycles. The topological polar surface area (TPSA) is 91.1 Å². The van der Waals surface area contributed by atoms with E-state index < -0.39 is 0 Å². The zero-order chi connectivity index (χ0) is 28.4. The summed E-state index contributed by atoms with van der Waals surface area (Å²) in [6.45, 7) is 18.0. The smallest absolute Gasteiger partial charge is 0.200 e. The second-order valence-corrected chi connectivity index (χ2v) is 14.5. The number of anilines is 2. The Labute approximate surface area is 239 Å². The number of nitrogens with zero attached hydrogens (tertiary/aromatic N) is 3. The van der Waals surface area contributed by atoms with E-state index in [1.54, 1.807) is 0 Å². The van der Waals surface area contributed by atoms with E-state index >= 15 is 0 Å². The van der Waals surface area contributed by atoms with Gasteiger partial charge in [0.2, 0.25) is 5.89 Å². The van der Waals surface area contributed by atoms with Gasteiger partial charge in [-0.3, -0.25) is 0 Å². The molecule has 0 radical (unpaired) electrons. The summed E-state index contributed by atoms with van der Waals surface area (Å²) < 4.78 is 7.25. The number of nitrogens with one attached hydrogen (secondary N) is 3. The number of aromatic amines is 1. The average molecular weight is 555 g/mol. The van der Waals surface area contributed by atoms with E-state index in [0.717, 1.165) is 52.3 Å². The molecule has 0 unspecified atom stereocenters. The van der Waals surface area contributed by atoms with Crippen molar-refractivity contribution in [2.45, 2.75) is 78.1 Å². The summed E-state index contributed by atoms with van der Waals surface area (Å²) in [5.41, 5.74) is 4.74. The molecule has 5 aromatic rings. The maximum absolute atomic E-state index is 6.02. The number of H-pyrrole nitrogens is 1. The number of hydrogen-bond donors (Lipinski definition) is 3. The van der Waals surface area contributed by atoms with Crippen LogP contribution in [0.25, 0.3) is 21.2 Å². The Hall–Kier alpha value is -3.65. The highest BCUT2D eigenvalue weighted by Gasteiger charge is 2.28. The zero-order valence-electron chi connectivity index (χ0n) is 24.6. The van der Waals surface area contributed by atoms with E-state index in [1.165, 1.54) is 20.5 Å². The molecule has 0 atom stereocenters. The number of thiophene rings is 1. The van der Waals surface area contributed by atoms with Crippen LogP contribution in [0.1, 0.15) is 83.2 Å². The van der Waals surface area contributed by atoms with Crippen LogP contribution in [0.2, 0.25) is 0 Å². The van der Waals surface area contributed by atoms with Crippen LogP contribution in [0.15, 0.2) is 51.9 Å². The van der Waals surface area contributed by atoms with Crippen molar-refractivity contribution in [2.75, 3.05) is 17.3 Å². The molecule has 1 aliphatic heterocycles. The normalized spacial score (nSPS) is 14.3. The number of oxazole rings is 1. The van der Waals surface area contributed by atoms with Gasteiger partial charge in [0.15, 0.2) is 17.2 Å². The first kappa shape index (κ1) is 26.6. The zero-order valence-corrected chi connectivity index (χ0v) is 25.4. The summed E-state index contributed by atoms with van der Waals surface area (Å²) in [6, 6.07) is 15.2. The van der Waals surface area contributed by atoms with Crippen LogP contribution in [-0.2, 0) is 22.7 Å². The number of imidazole rings is 1. The molecular formula is C32H38N6OS. The quantitative estimate of drug-likeness (QED) is 0.209. The maximum atomic E-state index is 6.02. The number of rotatable bonds is 4. The van der Waals surface area contributed by atoms with Crippen molar-refractivity contribution in [3.05, 3.63) is 70.3 Å². The van der Waals surface area contributed by atoms with Gasteiger partial charge in [-0.25, -0.2) is 15.0 Å². The minimum atomic E-state index is -0.116. The van der Waals surface area contributed by atoms with Crippen LogP contribution in [-0.4, -0.2) is 27.5 Å². The molecule has 0 amide bonds. The SMILES string of the molecule is CC(C)(C)c1nc2c([nH]1)C(Nc1cccc3cc(C(C)(C)Cc4ccc5oc(C(C)(C)C)nc5c4)sc13)=NCN2. The van der Waals surface area contributed by atoms with E-state index in [9.17, 15) is 0 Å². The lowest BCUT2D eigenvalue weighted by atomic mass is 9.84. The van der Waals surface area contributed by atoms with Gasteiger partial charge in [0.05, 0.1) is 10.4 Å². The highest BCUT2D eigenvalue weighted by molar-refractivity contribution is 7.19. The van der Waals surface area contributed by atoms with Gasteiger partial charge in [-0.05, 0) is 41.6 Å². The van der Waals surface area contributed by atoms with E-state index in [1.807, 2.05) is 11.3 Å². The van der Waals surface area contributed by atoms with Crippen LogP contribution in [0.3, 0.4) is 0 Å². The van der Waals surface area contributed by atoms with E-state index in [4.69, 9.17) is 19.4 Å². The summed E-state index contributed by atoms with van der Waals surface area (Å²) in [5.74, 6) is 3.38. The molecule has 0 bridgehead atoms. The van der Waals surface area contributed by atoms with Crippen molar-refractivity contribution in [3.63, 3.8) is 0 Å². The lowest BCUT2D eigenvalue weighted by Gasteiger charge is -2.23. The molecule has 0 spiro atoms. The summed E-state index contributed by atoms with van der Waals surface area (Å²) in [6.07, 6.45) is 0.904. The van der Waals surface area contributed by atoms with Gasteiger partial charge >= 0.3 is 0 Å². The van der Waals surface area contributed by atoms with Gasteiger partial charge in [-0.1, -0.05) is 73.6 Å². The Morgan fingerprint density at radius 2 is 1.75 bits per heavy atom. The minimum absolute atomic E-state index is 0.0599. The predicted molar refractivity (Wildman–Crippen MR) is 167 cm³/mol. The highest BCUT2D eigenvalue weighted by atomic mass is 32.1. The lowest BCUT2D eigenvalue weighted by molar-refractivity contribution is 0.411. The molecule has 8 heteroatoms. The van der Waals surface area contributed by atoms with Crippen molar-refractivity contribution in [2.24, 2.45) is 4.99 Å². The largest absolute Gasteiger partial charge is 0.440 e. The highest BCUT2D eigenvalue weighted by Crippen LogP contribution is 2.40. The Balaban J connectivity index is 1.28. The number of aliphatic imine (C=N–C) groups is 1. The van der Waals surface area contributed by atoms with Crippen LogP contribution < -0.4 is 10.6 Å². The average Bonchev–Trinajstić information content (AvgIpc) is 3.60. The van der Waals surface area contributed by atoms with Gasteiger partial charge < -0.3 is 20.0 Å². The Kier molecular flexibility index (Phi) is 6.11. The van der Waals surface area contributed by atoms with Gasteiger partial charge in [-0.2, -0.15) is 0 Å². The third kappa shape index (κ3) is 4.89. The number of benzene rings is 2. The fraction of sp³-hybridized carbons (Fsp3) is 0.406. The first-order chi connectivity index (χ1) is 18.8. The molecule has 6 rings (SSSR count). The van der Waals surface area contributed by atoms with E-state index in [-0.39, 0.29) is 16.2 Å². The minimum Gasteiger partial charge on any atom is -0.440 e. The standard InChI is InChI=1S/C32H38N6OS/c1-30(2,3)28-37-24-26(33-17-34-27(24)38-28)35-20-11-9-10-19-15-23(40-25(19)20)32(7,8)16-18-12-13-22-21(14-18)36-29(39-22)31(4,5)6/h9-15,34H,16-17H2,1-8H3,(H,33,35)(H,37,38). The maximum Gasteiger partial charge on any atom is 0.200 e. The number of aromatic nitrogens is 3. The van der Waals surface area contributed by atoms with E-state index in [0.29, 0.717) is 6.67 Å². The van der Waals surface area contributed by atoms with Gasteiger partial charge in [0, 0.05) is 21.1 Å². The molecule has 7 nitrogen and oxygen atoms in total. The van der Waals surface area contributed by atoms with Gasteiger partial charge in [-0.15, -0.1) is 11.3 Å². The second-order valence-electron chi connectivity index (χ2n) is 13.5.